The van der Waals surface area contributed by atoms with E-state index >= 15 is 0 Å². The van der Waals surface area contributed by atoms with Gasteiger partial charge in [-0.2, -0.15) is 0 Å². The number of aromatic nitrogens is 3. The summed E-state index contributed by atoms with van der Waals surface area (Å²) in [6.07, 6.45) is 5.53. The minimum atomic E-state index is -0.638. The van der Waals surface area contributed by atoms with Gasteiger partial charge in [0.2, 0.25) is 0 Å². The number of H-pyrrole nitrogens is 1. The van der Waals surface area contributed by atoms with Gasteiger partial charge in [-0.15, -0.1) is 0 Å². The third kappa shape index (κ3) is 7.50. The fraction of sp³-hybridized carbons (Fsp3) is 0.452. The molecule has 1 unspecified atom stereocenters. The first-order valence-corrected chi connectivity index (χ1v) is 14.2. The average molecular weight is 562 g/mol. The molecule has 3 heterocycles. The number of hydrogen-bond donors (Lipinski definition) is 2. The van der Waals surface area contributed by atoms with Gasteiger partial charge in [0.05, 0.1) is 12.6 Å². The first kappa shape index (κ1) is 29.8. The highest BCUT2D eigenvalue weighted by atomic mass is 16.6. The average Bonchev–Trinajstić information content (AvgIpc) is 3.23. The second-order valence-electron chi connectivity index (χ2n) is 11.0. The predicted molar refractivity (Wildman–Crippen MR) is 156 cm³/mol. The van der Waals surface area contributed by atoms with Crippen LogP contribution in [0, 0.1) is 0 Å². The number of carbonyl (C=O) groups excluding carboxylic acids is 3. The summed E-state index contributed by atoms with van der Waals surface area (Å²) in [5.41, 5.74) is 2.11. The summed E-state index contributed by atoms with van der Waals surface area (Å²) in [6, 6.07) is 10.2. The van der Waals surface area contributed by atoms with Gasteiger partial charge in [-0.3, -0.25) is 9.69 Å². The van der Waals surface area contributed by atoms with Crippen LogP contribution in [0.2, 0.25) is 0 Å². The number of amides is 2. The van der Waals surface area contributed by atoms with E-state index in [4.69, 9.17) is 14.5 Å². The van der Waals surface area contributed by atoms with Gasteiger partial charge in [0.25, 0.3) is 5.91 Å². The maximum absolute atomic E-state index is 13.1. The lowest BCUT2D eigenvalue weighted by atomic mass is 10.1. The number of aryl methyl sites for hydroxylation is 1. The molecule has 41 heavy (non-hydrogen) atoms. The van der Waals surface area contributed by atoms with Crippen molar-refractivity contribution < 1.29 is 23.9 Å². The normalized spacial score (nSPS) is 15.6. The lowest BCUT2D eigenvalue weighted by Crippen LogP contribution is -2.39. The number of pyridine rings is 1. The Morgan fingerprint density at radius 2 is 1.83 bits per heavy atom. The summed E-state index contributed by atoms with van der Waals surface area (Å²) in [4.78, 5) is 52.9. The number of nitrogens with zero attached hydrogens (tertiary/aromatic N) is 3. The predicted octanol–water partition coefficient (Wildman–Crippen LogP) is 6.32. The molecule has 0 bridgehead atoms. The second kappa shape index (κ2) is 13.0. The highest BCUT2D eigenvalue weighted by Crippen LogP contribution is 2.33. The van der Waals surface area contributed by atoms with Gasteiger partial charge in [0.15, 0.2) is 5.69 Å². The minimum Gasteiger partial charge on any atom is -0.461 e. The van der Waals surface area contributed by atoms with Gasteiger partial charge >= 0.3 is 12.1 Å². The second-order valence-corrected chi connectivity index (χ2v) is 11.0. The first-order chi connectivity index (χ1) is 19.6. The Labute approximate surface area is 240 Å². The maximum Gasteiger partial charge on any atom is 0.410 e. The zero-order valence-electron chi connectivity index (χ0n) is 24.5. The molecule has 0 spiro atoms. The van der Waals surface area contributed by atoms with E-state index in [0.29, 0.717) is 41.4 Å². The molecule has 10 nitrogen and oxygen atoms in total. The van der Waals surface area contributed by atoms with Crippen molar-refractivity contribution in [2.45, 2.75) is 78.4 Å². The highest BCUT2D eigenvalue weighted by molar-refractivity contribution is 6.04. The number of anilines is 1. The number of aromatic amines is 1. The van der Waals surface area contributed by atoms with Crippen molar-refractivity contribution in [3.8, 4) is 11.3 Å². The molecule has 2 aromatic heterocycles. The van der Waals surface area contributed by atoms with Gasteiger partial charge < -0.3 is 19.8 Å². The number of imidazole rings is 1. The van der Waals surface area contributed by atoms with E-state index in [0.717, 1.165) is 31.2 Å². The fourth-order valence-electron chi connectivity index (χ4n) is 4.77. The van der Waals surface area contributed by atoms with Crippen LogP contribution in [0.15, 0.2) is 42.6 Å². The monoisotopic (exact) mass is 561 g/mol. The largest absolute Gasteiger partial charge is 0.461 e. The molecule has 2 amide bonds. The molecular formula is C31H39N5O5. The molecule has 3 aromatic rings. The molecular weight excluding hydrogens is 522 g/mol. The maximum atomic E-state index is 13.1. The van der Waals surface area contributed by atoms with Crippen LogP contribution in [0.4, 0.5) is 10.6 Å². The molecule has 2 N–H and O–H groups in total. The van der Waals surface area contributed by atoms with Crippen molar-refractivity contribution >= 4 is 23.8 Å². The molecule has 0 aliphatic carbocycles. The molecule has 1 fully saturated rings. The van der Waals surface area contributed by atoms with Crippen molar-refractivity contribution in [3.05, 3.63) is 65.2 Å². The van der Waals surface area contributed by atoms with Crippen LogP contribution in [0.25, 0.3) is 11.3 Å². The molecule has 0 saturated carbocycles. The van der Waals surface area contributed by atoms with E-state index in [1.54, 1.807) is 42.3 Å². The summed E-state index contributed by atoms with van der Waals surface area (Å²) in [7, 11) is 0. The summed E-state index contributed by atoms with van der Waals surface area (Å²) >= 11 is 0. The van der Waals surface area contributed by atoms with Crippen molar-refractivity contribution in [1.29, 1.82) is 0 Å². The van der Waals surface area contributed by atoms with Crippen LogP contribution in [0.1, 0.15) is 98.6 Å². The Bertz CT molecular complexity index is 1380. The number of carbonyl (C=O) groups is 3. The fourth-order valence-corrected chi connectivity index (χ4v) is 4.77. The Balaban J connectivity index is 1.64. The summed E-state index contributed by atoms with van der Waals surface area (Å²) in [5, 5.41) is 2.83. The summed E-state index contributed by atoms with van der Waals surface area (Å²) < 4.78 is 11.0. The van der Waals surface area contributed by atoms with Gasteiger partial charge in [-0.25, -0.2) is 19.6 Å². The van der Waals surface area contributed by atoms with Crippen LogP contribution in [-0.2, 0) is 15.9 Å². The van der Waals surface area contributed by atoms with Crippen LogP contribution < -0.4 is 5.32 Å². The molecule has 1 aliphatic heterocycles. The van der Waals surface area contributed by atoms with E-state index in [2.05, 4.69) is 15.3 Å². The molecule has 1 aromatic carbocycles. The van der Waals surface area contributed by atoms with Crippen molar-refractivity contribution in [2.24, 2.45) is 0 Å². The standard InChI is InChI=1S/C31H39N5O5/c1-6-20-16-17-32-24(19-20)33-28(37)22-14-12-21(13-15-22)25-26(29(38)40-7-2)35-27(34-25)23-11-9-8-10-18-36(23)30(39)41-31(3,4)5/h12-17,19,23H,6-11,18H2,1-5H3,(H,34,35)(H,32,33,37). The number of rotatable bonds is 7. The molecule has 1 aliphatic rings. The number of nitrogens with one attached hydrogen (secondary N) is 2. The Kier molecular flexibility index (Phi) is 9.42. The molecule has 4 rings (SSSR count). The summed E-state index contributed by atoms with van der Waals surface area (Å²) in [6.45, 7) is 10.0. The van der Waals surface area contributed by atoms with Gasteiger partial charge in [0.1, 0.15) is 22.9 Å². The number of likely N-dealkylation sites (tertiary alicyclic amines) is 1. The SMILES string of the molecule is CCOC(=O)c1[nH]c(C2CCCCCN2C(=O)OC(C)(C)C)nc1-c1ccc(C(=O)Nc2cc(CC)ccn2)cc1. The molecule has 218 valence electrons. The lowest BCUT2D eigenvalue weighted by Gasteiger charge is -2.31. The van der Waals surface area contributed by atoms with Crippen LogP contribution in [0.3, 0.4) is 0 Å². The minimum absolute atomic E-state index is 0.201. The van der Waals surface area contributed by atoms with Gasteiger partial charge in [0, 0.05) is 23.9 Å². The number of ether oxygens (including phenoxy) is 2. The zero-order valence-corrected chi connectivity index (χ0v) is 24.5. The first-order valence-electron chi connectivity index (χ1n) is 14.2. The zero-order chi connectivity index (χ0) is 29.6. The Morgan fingerprint density at radius 3 is 2.51 bits per heavy atom. The van der Waals surface area contributed by atoms with E-state index < -0.39 is 17.7 Å². The third-order valence-electron chi connectivity index (χ3n) is 6.79. The Hall–Kier alpha value is -4.21. The number of benzene rings is 1. The highest BCUT2D eigenvalue weighted by Gasteiger charge is 2.34. The third-order valence-corrected chi connectivity index (χ3v) is 6.79. The number of esters is 1. The Morgan fingerprint density at radius 1 is 1.07 bits per heavy atom. The van der Waals surface area contributed by atoms with E-state index in [9.17, 15) is 14.4 Å². The van der Waals surface area contributed by atoms with Gasteiger partial charge in [-0.1, -0.05) is 31.9 Å². The molecule has 1 atom stereocenters. The molecule has 0 radical (unpaired) electrons. The van der Waals surface area contributed by atoms with E-state index in [1.165, 1.54) is 0 Å². The van der Waals surface area contributed by atoms with Gasteiger partial charge in [-0.05, 0) is 76.8 Å². The van der Waals surface area contributed by atoms with Crippen molar-refractivity contribution in [1.82, 2.24) is 19.9 Å². The van der Waals surface area contributed by atoms with Crippen molar-refractivity contribution in [2.75, 3.05) is 18.5 Å². The quantitative estimate of drug-likeness (QED) is 0.323. The summed E-state index contributed by atoms with van der Waals surface area (Å²) in [5.74, 6) is 0.150. The smallest absolute Gasteiger partial charge is 0.410 e. The molecule has 10 heteroatoms. The van der Waals surface area contributed by atoms with E-state index in [-0.39, 0.29) is 24.2 Å². The number of hydrogen-bond acceptors (Lipinski definition) is 7. The molecule has 1 saturated heterocycles. The topological polar surface area (TPSA) is 127 Å². The van der Waals surface area contributed by atoms with Crippen LogP contribution in [-0.4, -0.2) is 56.6 Å². The lowest BCUT2D eigenvalue weighted by molar-refractivity contribution is 0.0155. The van der Waals surface area contributed by atoms with Crippen LogP contribution in [0.5, 0.6) is 0 Å². The van der Waals surface area contributed by atoms with Crippen molar-refractivity contribution in [3.63, 3.8) is 0 Å². The van der Waals surface area contributed by atoms with Crippen LogP contribution >= 0.6 is 0 Å². The van der Waals surface area contributed by atoms with E-state index in [1.807, 2.05) is 39.8 Å².